The van der Waals surface area contributed by atoms with Crippen LogP contribution in [0.3, 0.4) is 0 Å². The largest absolute Gasteiger partial charge is 0.356 e. The summed E-state index contributed by atoms with van der Waals surface area (Å²) in [6.07, 6.45) is 1.90. The van der Waals surface area contributed by atoms with Crippen molar-refractivity contribution in [2.24, 2.45) is 10.9 Å². The number of aromatic nitrogens is 1. The SMILES string of the molecule is CN=C(NCc1ncc(C)s1)NCC(c1ccccc1)C(C)C.I. The minimum absolute atomic E-state index is 0. The number of guanidine groups is 1. The molecule has 132 valence electrons. The van der Waals surface area contributed by atoms with E-state index in [0.29, 0.717) is 18.4 Å². The molecule has 0 spiro atoms. The summed E-state index contributed by atoms with van der Waals surface area (Å²) >= 11 is 1.71. The van der Waals surface area contributed by atoms with Crippen molar-refractivity contribution < 1.29 is 0 Å². The van der Waals surface area contributed by atoms with Crippen LogP contribution in [0.4, 0.5) is 0 Å². The predicted molar refractivity (Wildman–Crippen MR) is 114 cm³/mol. The molecule has 2 rings (SSSR count). The maximum Gasteiger partial charge on any atom is 0.191 e. The molecular weight excluding hydrogens is 431 g/mol. The van der Waals surface area contributed by atoms with E-state index in [0.717, 1.165) is 17.5 Å². The highest BCUT2D eigenvalue weighted by Crippen LogP contribution is 2.23. The van der Waals surface area contributed by atoms with Gasteiger partial charge < -0.3 is 10.6 Å². The molecule has 0 aliphatic rings. The maximum atomic E-state index is 4.37. The molecule has 4 nitrogen and oxygen atoms in total. The van der Waals surface area contributed by atoms with Crippen LogP contribution in [0.2, 0.25) is 0 Å². The van der Waals surface area contributed by atoms with Crippen molar-refractivity contribution in [1.29, 1.82) is 0 Å². The van der Waals surface area contributed by atoms with Crippen molar-refractivity contribution in [2.75, 3.05) is 13.6 Å². The molecule has 0 radical (unpaired) electrons. The Balaban J connectivity index is 0.00000288. The molecule has 24 heavy (non-hydrogen) atoms. The lowest BCUT2D eigenvalue weighted by Gasteiger charge is -2.23. The van der Waals surface area contributed by atoms with E-state index in [1.165, 1.54) is 10.4 Å². The molecular formula is C18H27IN4S. The number of nitrogens with one attached hydrogen (secondary N) is 2. The number of thiazole rings is 1. The van der Waals surface area contributed by atoms with E-state index in [9.17, 15) is 0 Å². The smallest absolute Gasteiger partial charge is 0.191 e. The Morgan fingerprint density at radius 3 is 2.46 bits per heavy atom. The van der Waals surface area contributed by atoms with Crippen LogP contribution >= 0.6 is 35.3 Å². The highest BCUT2D eigenvalue weighted by molar-refractivity contribution is 14.0. The van der Waals surface area contributed by atoms with Crippen molar-refractivity contribution in [1.82, 2.24) is 15.6 Å². The molecule has 0 amide bonds. The van der Waals surface area contributed by atoms with Crippen molar-refractivity contribution in [3.63, 3.8) is 0 Å². The lowest BCUT2D eigenvalue weighted by molar-refractivity contribution is 0.488. The van der Waals surface area contributed by atoms with E-state index in [4.69, 9.17) is 0 Å². The first-order valence-electron chi connectivity index (χ1n) is 8.01. The first-order chi connectivity index (χ1) is 11.1. The van der Waals surface area contributed by atoms with E-state index in [1.807, 2.05) is 6.20 Å². The summed E-state index contributed by atoms with van der Waals surface area (Å²) in [5.41, 5.74) is 1.36. The number of aliphatic imine (C=N–C) groups is 1. The fourth-order valence-electron chi connectivity index (χ4n) is 2.51. The molecule has 0 saturated heterocycles. The zero-order valence-corrected chi connectivity index (χ0v) is 17.9. The van der Waals surface area contributed by atoms with Crippen LogP contribution in [0.1, 0.15) is 35.2 Å². The Labute approximate surface area is 166 Å². The zero-order valence-electron chi connectivity index (χ0n) is 14.7. The van der Waals surface area contributed by atoms with Crippen molar-refractivity contribution >= 4 is 41.3 Å². The molecule has 0 aliphatic heterocycles. The number of aryl methyl sites for hydroxylation is 1. The maximum absolute atomic E-state index is 4.37. The molecule has 2 aromatic rings. The van der Waals surface area contributed by atoms with Gasteiger partial charge in [0.2, 0.25) is 0 Å². The van der Waals surface area contributed by atoms with Crippen LogP contribution in [0.5, 0.6) is 0 Å². The first-order valence-corrected chi connectivity index (χ1v) is 8.82. The number of nitrogens with zero attached hydrogens (tertiary/aromatic N) is 2. The molecule has 1 aromatic heterocycles. The Kier molecular flexibility index (Phi) is 9.28. The molecule has 0 saturated carbocycles. The van der Waals surface area contributed by atoms with Gasteiger partial charge in [0, 0.05) is 30.6 Å². The van der Waals surface area contributed by atoms with Gasteiger partial charge in [-0.3, -0.25) is 4.99 Å². The van der Waals surface area contributed by atoms with E-state index < -0.39 is 0 Å². The monoisotopic (exact) mass is 458 g/mol. The minimum atomic E-state index is 0. The number of halogens is 1. The third-order valence-electron chi connectivity index (χ3n) is 3.82. The molecule has 1 aromatic carbocycles. The molecule has 2 N–H and O–H groups in total. The van der Waals surface area contributed by atoms with Gasteiger partial charge in [0.25, 0.3) is 0 Å². The van der Waals surface area contributed by atoms with Crippen LogP contribution in [0, 0.1) is 12.8 Å². The number of benzene rings is 1. The van der Waals surface area contributed by atoms with Crippen molar-refractivity contribution in [3.05, 3.63) is 52.0 Å². The third-order valence-corrected chi connectivity index (χ3v) is 4.73. The summed E-state index contributed by atoms with van der Waals surface area (Å²) in [7, 11) is 1.80. The van der Waals surface area contributed by atoms with Crippen molar-refractivity contribution in [3.8, 4) is 0 Å². The summed E-state index contributed by atoms with van der Waals surface area (Å²) in [6, 6.07) is 10.7. The molecule has 1 unspecified atom stereocenters. The van der Waals surface area contributed by atoms with Gasteiger partial charge in [-0.05, 0) is 18.4 Å². The van der Waals surface area contributed by atoms with Crippen LogP contribution in [-0.4, -0.2) is 24.5 Å². The summed E-state index contributed by atoms with van der Waals surface area (Å²) < 4.78 is 0. The summed E-state index contributed by atoms with van der Waals surface area (Å²) in [5.74, 6) is 1.83. The quantitative estimate of drug-likeness (QED) is 0.388. The average molecular weight is 458 g/mol. The zero-order chi connectivity index (χ0) is 16.7. The Morgan fingerprint density at radius 1 is 1.21 bits per heavy atom. The van der Waals surface area contributed by atoms with Crippen LogP contribution in [-0.2, 0) is 6.54 Å². The van der Waals surface area contributed by atoms with Gasteiger partial charge in [0.05, 0.1) is 6.54 Å². The lowest BCUT2D eigenvalue weighted by atomic mass is 9.88. The Morgan fingerprint density at radius 2 is 1.92 bits per heavy atom. The number of hydrogen-bond donors (Lipinski definition) is 2. The van der Waals surface area contributed by atoms with Gasteiger partial charge >= 0.3 is 0 Å². The van der Waals surface area contributed by atoms with E-state index >= 15 is 0 Å². The van der Waals surface area contributed by atoms with Crippen LogP contribution in [0.25, 0.3) is 0 Å². The second kappa shape index (κ2) is 10.7. The first kappa shape index (κ1) is 20.9. The Bertz CT molecular complexity index is 625. The molecule has 1 atom stereocenters. The molecule has 1 heterocycles. The summed E-state index contributed by atoms with van der Waals surface area (Å²) in [4.78, 5) is 9.90. The highest BCUT2D eigenvalue weighted by Gasteiger charge is 2.16. The number of hydrogen-bond acceptors (Lipinski definition) is 3. The van der Waals surface area contributed by atoms with Gasteiger partial charge in [0.1, 0.15) is 5.01 Å². The molecule has 0 bridgehead atoms. The molecule has 0 fully saturated rings. The van der Waals surface area contributed by atoms with Crippen LogP contribution in [0.15, 0.2) is 41.5 Å². The second-order valence-corrected chi connectivity index (χ2v) is 7.25. The van der Waals surface area contributed by atoms with E-state index in [-0.39, 0.29) is 24.0 Å². The fourth-order valence-corrected chi connectivity index (χ4v) is 3.24. The Hall–Kier alpha value is -1.15. The summed E-state index contributed by atoms with van der Waals surface area (Å²) in [6.45, 7) is 8.15. The van der Waals surface area contributed by atoms with Gasteiger partial charge in [-0.1, -0.05) is 44.2 Å². The molecule has 0 aliphatic carbocycles. The average Bonchev–Trinajstić information content (AvgIpc) is 2.96. The van der Waals surface area contributed by atoms with E-state index in [2.05, 4.69) is 71.7 Å². The van der Waals surface area contributed by atoms with Gasteiger partial charge in [-0.25, -0.2) is 4.98 Å². The molecule has 6 heteroatoms. The van der Waals surface area contributed by atoms with E-state index in [1.54, 1.807) is 18.4 Å². The number of rotatable bonds is 6. The fraction of sp³-hybridized carbons (Fsp3) is 0.444. The lowest BCUT2D eigenvalue weighted by Crippen LogP contribution is -2.39. The predicted octanol–water partition coefficient (Wildman–Crippen LogP) is 4.17. The summed E-state index contributed by atoms with van der Waals surface area (Å²) in [5, 5.41) is 7.85. The third kappa shape index (κ3) is 6.39. The van der Waals surface area contributed by atoms with Gasteiger partial charge in [0.15, 0.2) is 5.96 Å². The van der Waals surface area contributed by atoms with Gasteiger partial charge in [-0.15, -0.1) is 35.3 Å². The standard InChI is InChI=1S/C18H26N4S.HI/c1-13(2)16(15-8-6-5-7-9-15)11-21-18(19-4)22-12-17-20-10-14(3)23-17;/h5-10,13,16H,11-12H2,1-4H3,(H2,19,21,22);1H. The van der Waals surface area contributed by atoms with Crippen molar-refractivity contribution in [2.45, 2.75) is 33.2 Å². The second-order valence-electron chi connectivity index (χ2n) is 5.93. The van der Waals surface area contributed by atoms with Gasteiger partial charge in [-0.2, -0.15) is 0 Å². The normalized spacial score (nSPS) is 12.6. The van der Waals surface area contributed by atoms with Crippen LogP contribution < -0.4 is 10.6 Å². The topological polar surface area (TPSA) is 49.3 Å². The minimum Gasteiger partial charge on any atom is -0.356 e. The highest BCUT2D eigenvalue weighted by atomic mass is 127.